The van der Waals surface area contributed by atoms with Crippen LogP contribution in [0.3, 0.4) is 0 Å². The molecule has 0 aromatic rings. The summed E-state index contributed by atoms with van der Waals surface area (Å²) in [4.78, 5) is 11.2. The Morgan fingerprint density at radius 3 is 2.50 bits per heavy atom. The second kappa shape index (κ2) is 4.71. The van der Waals surface area contributed by atoms with Gasteiger partial charge in [0.15, 0.2) is 0 Å². The van der Waals surface area contributed by atoms with E-state index in [1.54, 1.807) is 0 Å². The van der Waals surface area contributed by atoms with Gasteiger partial charge < -0.3 is 5.32 Å². The Balaban J connectivity index is 2.25. The standard InChI is InChI=1S/C10H17F2NO/c1-2-3-9(14)13-8-4-6-10(11,12)7-5-8/h8H,2-7H2,1H3,(H,13,14). The van der Waals surface area contributed by atoms with Crippen molar-refractivity contribution >= 4 is 5.91 Å². The zero-order valence-corrected chi connectivity index (χ0v) is 8.48. The largest absolute Gasteiger partial charge is 0.353 e. The van der Waals surface area contributed by atoms with Gasteiger partial charge in [-0.25, -0.2) is 8.78 Å². The molecule has 1 fully saturated rings. The molecule has 0 bridgehead atoms. The quantitative estimate of drug-likeness (QED) is 0.753. The first-order chi connectivity index (χ1) is 6.53. The topological polar surface area (TPSA) is 29.1 Å². The molecule has 1 rings (SSSR count). The Morgan fingerprint density at radius 1 is 1.43 bits per heavy atom. The first-order valence-electron chi connectivity index (χ1n) is 5.21. The van der Waals surface area contributed by atoms with E-state index in [1.807, 2.05) is 6.92 Å². The second-order valence-electron chi connectivity index (χ2n) is 3.95. The molecule has 0 aromatic heterocycles. The number of hydrogen-bond donors (Lipinski definition) is 1. The highest BCUT2D eigenvalue weighted by molar-refractivity contribution is 5.76. The minimum Gasteiger partial charge on any atom is -0.353 e. The third-order valence-corrected chi connectivity index (χ3v) is 2.56. The minimum atomic E-state index is -2.51. The normalized spacial score (nSPS) is 21.9. The number of alkyl halides is 2. The number of carbonyl (C=O) groups excluding carboxylic acids is 1. The number of amides is 1. The summed E-state index contributed by atoms with van der Waals surface area (Å²) >= 11 is 0. The lowest BCUT2D eigenvalue weighted by Crippen LogP contribution is -2.40. The fourth-order valence-electron chi connectivity index (χ4n) is 1.71. The van der Waals surface area contributed by atoms with Gasteiger partial charge in [0, 0.05) is 25.3 Å². The van der Waals surface area contributed by atoms with Gasteiger partial charge in [0.2, 0.25) is 11.8 Å². The van der Waals surface area contributed by atoms with Crippen LogP contribution in [0.1, 0.15) is 45.4 Å². The van der Waals surface area contributed by atoms with E-state index in [1.165, 1.54) is 0 Å². The molecule has 1 saturated carbocycles. The first-order valence-corrected chi connectivity index (χ1v) is 5.21. The lowest BCUT2D eigenvalue weighted by Gasteiger charge is -2.28. The Kier molecular flexibility index (Phi) is 3.84. The van der Waals surface area contributed by atoms with Crippen molar-refractivity contribution in [2.75, 3.05) is 0 Å². The zero-order valence-electron chi connectivity index (χ0n) is 8.48. The average Bonchev–Trinajstić information content (AvgIpc) is 2.09. The number of carbonyl (C=O) groups is 1. The van der Waals surface area contributed by atoms with Crippen LogP contribution < -0.4 is 5.32 Å². The lowest BCUT2D eigenvalue weighted by molar-refractivity contribution is -0.123. The van der Waals surface area contributed by atoms with Crippen molar-refractivity contribution in [3.05, 3.63) is 0 Å². The predicted octanol–water partition coefficient (Wildman–Crippen LogP) is 2.48. The van der Waals surface area contributed by atoms with Crippen LogP contribution in [-0.4, -0.2) is 17.9 Å². The Labute approximate surface area is 83.1 Å². The predicted molar refractivity (Wildman–Crippen MR) is 50.3 cm³/mol. The Bertz CT molecular complexity index is 196. The summed E-state index contributed by atoms with van der Waals surface area (Å²) in [6, 6.07) is -0.0336. The third-order valence-electron chi connectivity index (χ3n) is 2.56. The van der Waals surface area contributed by atoms with Crippen LogP contribution in [0.25, 0.3) is 0 Å². The van der Waals surface area contributed by atoms with Crippen molar-refractivity contribution in [1.29, 1.82) is 0 Å². The molecule has 1 aliphatic rings. The summed E-state index contributed by atoms with van der Waals surface area (Å²) in [6.45, 7) is 1.93. The molecule has 0 heterocycles. The monoisotopic (exact) mass is 205 g/mol. The maximum absolute atomic E-state index is 12.8. The van der Waals surface area contributed by atoms with Crippen molar-refractivity contribution in [3.8, 4) is 0 Å². The highest BCUT2D eigenvalue weighted by atomic mass is 19.3. The van der Waals surface area contributed by atoms with E-state index >= 15 is 0 Å². The summed E-state index contributed by atoms with van der Waals surface area (Å²) in [6.07, 6.45) is 1.92. The van der Waals surface area contributed by atoms with Crippen LogP contribution in [-0.2, 0) is 4.79 Å². The van der Waals surface area contributed by atoms with E-state index in [9.17, 15) is 13.6 Å². The zero-order chi connectivity index (χ0) is 10.6. The molecule has 0 radical (unpaired) electrons. The first kappa shape index (κ1) is 11.4. The van der Waals surface area contributed by atoms with Gasteiger partial charge in [-0.05, 0) is 19.3 Å². The van der Waals surface area contributed by atoms with Crippen molar-refractivity contribution in [1.82, 2.24) is 5.32 Å². The SMILES string of the molecule is CCCC(=O)NC1CCC(F)(F)CC1. The fourth-order valence-corrected chi connectivity index (χ4v) is 1.71. The Morgan fingerprint density at radius 2 is 2.00 bits per heavy atom. The van der Waals surface area contributed by atoms with Gasteiger partial charge in [0.05, 0.1) is 0 Å². The number of hydrogen-bond acceptors (Lipinski definition) is 1. The van der Waals surface area contributed by atoms with E-state index in [2.05, 4.69) is 5.32 Å². The molecule has 4 heteroatoms. The van der Waals surface area contributed by atoms with Gasteiger partial charge >= 0.3 is 0 Å². The maximum Gasteiger partial charge on any atom is 0.248 e. The molecule has 1 amide bonds. The highest BCUT2D eigenvalue weighted by Crippen LogP contribution is 2.32. The van der Waals surface area contributed by atoms with E-state index in [0.29, 0.717) is 19.3 Å². The minimum absolute atomic E-state index is 0.0114. The summed E-state index contributed by atoms with van der Waals surface area (Å²) in [5, 5.41) is 2.79. The van der Waals surface area contributed by atoms with Crippen LogP contribution in [0, 0.1) is 0 Å². The van der Waals surface area contributed by atoms with Crippen LogP contribution >= 0.6 is 0 Å². The summed E-state index contributed by atoms with van der Waals surface area (Å²) in [7, 11) is 0. The van der Waals surface area contributed by atoms with Crippen LogP contribution in [0.5, 0.6) is 0 Å². The van der Waals surface area contributed by atoms with Gasteiger partial charge in [0.1, 0.15) is 0 Å². The second-order valence-corrected chi connectivity index (χ2v) is 3.95. The molecular formula is C10H17F2NO. The van der Waals surface area contributed by atoms with E-state index in [4.69, 9.17) is 0 Å². The number of nitrogens with one attached hydrogen (secondary N) is 1. The van der Waals surface area contributed by atoms with Gasteiger partial charge in [-0.2, -0.15) is 0 Å². The molecule has 0 atom stereocenters. The third kappa shape index (κ3) is 3.60. The smallest absolute Gasteiger partial charge is 0.248 e. The van der Waals surface area contributed by atoms with Crippen LogP contribution in [0.2, 0.25) is 0 Å². The molecule has 0 aromatic carbocycles. The number of halogens is 2. The van der Waals surface area contributed by atoms with Crippen LogP contribution in [0.15, 0.2) is 0 Å². The fraction of sp³-hybridized carbons (Fsp3) is 0.900. The summed E-state index contributed by atoms with van der Waals surface area (Å²) < 4.78 is 25.5. The van der Waals surface area contributed by atoms with E-state index in [-0.39, 0.29) is 24.8 Å². The molecule has 2 nitrogen and oxygen atoms in total. The molecule has 82 valence electrons. The van der Waals surface area contributed by atoms with Crippen molar-refractivity contribution < 1.29 is 13.6 Å². The van der Waals surface area contributed by atoms with Crippen molar-refractivity contribution in [2.24, 2.45) is 0 Å². The summed E-state index contributed by atoms with van der Waals surface area (Å²) in [5.41, 5.74) is 0. The van der Waals surface area contributed by atoms with Crippen molar-refractivity contribution in [2.45, 2.75) is 57.4 Å². The lowest BCUT2D eigenvalue weighted by atomic mass is 9.92. The van der Waals surface area contributed by atoms with Crippen LogP contribution in [0.4, 0.5) is 8.78 Å². The highest BCUT2D eigenvalue weighted by Gasteiger charge is 2.35. The Hall–Kier alpha value is -0.670. The molecule has 0 saturated heterocycles. The van der Waals surface area contributed by atoms with Gasteiger partial charge in [-0.15, -0.1) is 0 Å². The molecule has 1 N–H and O–H groups in total. The number of rotatable bonds is 3. The molecule has 0 aliphatic heterocycles. The van der Waals surface area contributed by atoms with E-state index < -0.39 is 5.92 Å². The molecule has 0 spiro atoms. The molecule has 0 unspecified atom stereocenters. The summed E-state index contributed by atoms with van der Waals surface area (Å²) in [5.74, 6) is -2.52. The molecular weight excluding hydrogens is 188 g/mol. The maximum atomic E-state index is 12.8. The van der Waals surface area contributed by atoms with Crippen molar-refractivity contribution in [3.63, 3.8) is 0 Å². The molecule has 1 aliphatic carbocycles. The van der Waals surface area contributed by atoms with Gasteiger partial charge in [-0.3, -0.25) is 4.79 Å². The molecule has 14 heavy (non-hydrogen) atoms. The average molecular weight is 205 g/mol. The van der Waals surface area contributed by atoms with Gasteiger partial charge in [-0.1, -0.05) is 6.92 Å². The van der Waals surface area contributed by atoms with E-state index in [0.717, 1.165) is 6.42 Å². The van der Waals surface area contributed by atoms with Gasteiger partial charge in [0.25, 0.3) is 0 Å².